The summed E-state index contributed by atoms with van der Waals surface area (Å²) >= 11 is 0. The Morgan fingerprint density at radius 1 is 1.19 bits per heavy atom. The predicted octanol–water partition coefficient (Wildman–Crippen LogP) is 0.950. The Morgan fingerprint density at radius 2 is 1.92 bits per heavy atom. The van der Waals surface area contributed by atoms with Crippen LogP contribution in [0.15, 0.2) is 4.99 Å². The van der Waals surface area contributed by atoms with E-state index in [1.54, 1.807) is 14.1 Å². The van der Waals surface area contributed by atoms with Crippen LogP contribution in [0.4, 0.5) is 0 Å². The summed E-state index contributed by atoms with van der Waals surface area (Å²) in [6.07, 6.45) is 4.28. The van der Waals surface area contributed by atoms with Crippen LogP contribution in [0, 0.1) is 0 Å². The van der Waals surface area contributed by atoms with Crippen molar-refractivity contribution in [2.45, 2.75) is 44.5 Å². The molecule has 2 aliphatic rings. The van der Waals surface area contributed by atoms with Gasteiger partial charge < -0.3 is 29.7 Å². The van der Waals surface area contributed by atoms with Crippen molar-refractivity contribution in [2.24, 2.45) is 4.99 Å². The normalized spacial score (nSPS) is 22.4. The second-order valence-electron chi connectivity index (χ2n) is 6.83. The first-order valence-electron chi connectivity index (χ1n) is 9.10. The molecule has 0 aromatic carbocycles. The number of carbonyl (C=O) groups is 1. The van der Waals surface area contributed by atoms with Gasteiger partial charge in [0.25, 0.3) is 0 Å². The van der Waals surface area contributed by atoms with E-state index in [2.05, 4.69) is 15.6 Å². The minimum atomic E-state index is -0.538. The number of aliphatic imine (C=N–C) groups is 1. The lowest BCUT2D eigenvalue weighted by Gasteiger charge is -2.25. The Labute approximate surface area is 173 Å². The average Bonchev–Trinajstić information content (AvgIpc) is 3.04. The molecule has 0 radical (unpaired) electrons. The van der Waals surface area contributed by atoms with E-state index in [4.69, 9.17) is 14.2 Å². The van der Waals surface area contributed by atoms with Crippen LogP contribution >= 0.6 is 24.0 Å². The molecule has 2 fully saturated rings. The molecule has 2 rings (SSSR count). The Kier molecular flexibility index (Phi) is 10.7. The smallest absolute Gasteiger partial charge is 0.243 e. The fourth-order valence-corrected chi connectivity index (χ4v) is 2.75. The van der Waals surface area contributed by atoms with Gasteiger partial charge in [0.15, 0.2) is 11.7 Å². The van der Waals surface area contributed by atoms with Gasteiger partial charge in [-0.1, -0.05) is 0 Å². The van der Waals surface area contributed by atoms with Crippen LogP contribution in [0.25, 0.3) is 0 Å². The second-order valence-corrected chi connectivity index (χ2v) is 6.83. The summed E-state index contributed by atoms with van der Waals surface area (Å²) in [5.74, 6) is 0.0414. The maximum Gasteiger partial charge on any atom is 0.243 e. The van der Waals surface area contributed by atoms with Crippen LogP contribution < -0.4 is 10.6 Å². The molecule has 2 N–H and O–H groups in total. The SMILES string of the molecule is CN(C)C(=O)CN=C(NCCC1(C)OCCO1)NCC1CCCCO1.I. The van der Waals surface area contributed by atoms with E-state index in [1.165, 1.54) is 11.3 Å². The number of nitrogens with one attached hydrogen (secondary N) is 2. The molecule has 2 heterocycles. The van der Waals surface area contributed by atoms with E-state index in [-0.39, 0.29) is 42.5 Å². The first kappa shape index (κ1) is 23.4. The van der Waals surface area contributed by atoms with Gasteiger partial charge in [-0.05, 0) is 26.2 Å². The Bertz CT molecular complexity index is 450. The maximum absolute atomic E-state index is 11.8. The molecule has 9 heteroatoms. The molecule has 0 aromatic rings. The van der Waals surface area contributed by atoms with Crippen molar-refractivity contribution in [1.82, 2.24) is 15.5 Å². The van der Waals surface area contributed by atoms with Crippen molar-refractivity contribution in [1.29, 1.82) is 0 Å². The third kappa shape index (κ3) is 8.36. The van der Waals surface area contributed by atoms with Crippen molar-refractivity contribution < 1.29 is 19.0 Å². The van der Waals surface area contributed by atoms with Crippen LogP contribution in [-0.4, -0.2) is 82.2 Å². The first-order valence-corrected chi connectivity index (χ1v) is 9.10. The average molecular weight is 484 g/mol. The molecule has 0 aliphatic carbocycles. The number of likely N-dealkylation sites (N-methyl/N-ethyl adjacent to an activating group) is 1. The number of rotatable bonds is 7. The highest BCUT2D eigenvalue weighted by molar-refractivity contribution is 14.0. The number of nitrogens with zero attached hydrogens (tertiary/aromatic N) is 2. The van der Waals surface area contributed by atoms with Gasteiger partial charge in [-0.2, -0.15) is 0 Å². The molecule has 8 nitrogen and oxygen atoms in total. The zero-order chi connectivity index (χ0) is 18.1. The van der Waals surface area contributed by atoms with Gasteiger partial charge in [0.2, 0.25) is 5.91 Å². The zero-order valence-electron chi connectivity index (χ0n) is 16.1. The van der Waals surface area contributed by atoms with E-state index in [0.29, 0.717) is 38.7 Å². The number of carbonyl (C=O) groups excluding carboxylic acids is 1. The first-order chi connectivity index (χ1) is 12.0. The van der Waals surface area contributed by atoms with Crippen molar-refractivity contribution in [3.05, 3.63) is 0 Å². The molecule has 1 amide bonds. The topological polar surface area (TPSA) is 84.4 Å². The molecule has 2 aliphatic heterocycles. The molecule has 1 unspecified atom stereocenters. The summed E-state index contributed by atoms with van der Waals surface area (Å²) in [6.45, 7) is 5.46. The summed E-state index contributed by atoms with van der Waals surface area (Å²) in [4.78, 5) is 17.7. The number of ether oxygens (including phenoxy) is 3. The quantitative estimate of drug-likeness (QED) is 0.318. The van der Waals surface area contributed by atoms with E-state index in [1.807, 2.05) is 6.92 Å². The molecular weight excluding hydrogens is 451 g/mol. The minimum Gasteiger partial charge on any atom is -0.376 e. The van der Waals surface area contributed by atoms with Crippen LogP contribution in [-0.2, 0) is 19.0 Å². The van der Waals surface area contributed by atoms with Crippen molar-refractivity contribution in [3.63, 3.8) is 0 Å². The highest BCUT2D eigenvalue weighted by Gasteiger charge is 2.30. The molecule has 2 saturated heterocycles. The standard InChI is InChI=1S/C17H32N4O4.HI/c1-17(24-10-11-25-17)7-8-18-16(20-13-15(22)21(2)3)19-12-14-6-4-5-9-23-14;/h14H,4-13H2,1-3H3,(H2,18,19,20);1H. The largest absolute Gasteiger partial charge is 0.376 e. The number of amides is 1. The van der Waals surface area contributed by atoms with Crippen LogP contribution in [0.5, 0.6) is 0 Å². The highest BCUT2D eigenvalue weighted by atomic mass is 127. The monoisotopic (exact) mass is 484 g/mol. The van der Waals surface area contributed by atoms with Crippen LogP contribution in [0.2, 0.25) is 0 Å². The molecule has 152 valence electrons. The van der Waals surface area contributed by atoms with Crippen molar-refractivity contribution in [2.75, 3.05) is 53.6 Å². The second kappa shape index (κ2) is 11.9. The Balaban J connectivity index is 0.00000338. The number of hydrogen-bond donors (Lipinski definition) is 2. The lowest BCUT2D eigenvalue weighted by molar-refractivity contribution is -0.145. The van der Waals surface area contributed by atoms with E-state index in [9.17, 15) is 4.79 Å². The molecule has 0 aromatic heterocycles. The van der Waals surface area contributed by atoms with Crippen LogP contribution in [0.1, 0.15) is 32.6 Å². The Hall–Kier alpha value is -0.650. The number of guanidine groups is 1. The molecule has 0 saturated carbocycles. The van der Waals surface area contributed by atoms with Gasteiger partial charge in [0.1, 0.15) is 6.54 Å². The number of hydrogen-bond acceptors (Lipinski definition) is 5. The molecule has 26 heavy (non-hydrogen) atoms. The lowest BCUT2D eigenvalue weighted by Crippen LogP contribution is -2.44. The lowest BCUT2D eigenvalue weighted by atomic mass is 10.1. The van der Waals surface area contributed by atoms with Gasteiger partial charge in [-0.3, -0.25) is 4.79 Å². The third-order valence-electron chi connectivity index (χ3n) is 4.41. The number of halogens is 1. The summed E-state index contributed by atoms with van der Waals surface area (Å²) in [6, 6.07) is 0. The Morgan fingerprint density at radius 3 is 2.54 bits per heavy atom. The maximum atomic E-state index is 11.8. The van der Waals surface area contributed by atoms with Gasteiger partial charge in [-0.25, -0.2) is 4.99 Å². The van der Waals surface area contributed by atoms with Gasteiger partial charge >= 0.3 is 0 Å². The van der Waals surface area contributed by atoms with Gasteiger partial charge in [0, 0.05) is 40.2 Å². The summed E-state index contributed by atoms with van der Waals surface area (Å²) in [7, 11) is 3.45. The fraction of sp³-hybridized carbons (Fsp3) is 0.882. The van der Waals surface area contributed by atoms with Crippen molar-refractivity contribution in [3.8, 4) is 0 Å². The van der Waals surface area contributed by atoms with E-state index < -0.39 is 5.79 Å². The predicted molar refractivity (Wildman–Crippen MR) is 111 cm³/mol. The van der Waals surface area contributed by atoms with Gasteiger partial charge in [0.05, 0.1) is 19.3 Å². The molecular formula is C17H33IN4O4. The summed E-state index contributed by atoms with van der Waals surface area (Å²) in [5, 5.41) is 6.54. The summed E-state index contributed by atoms with van der Waals surface area (Å²) in [5.41, 5.74) is 0. The molecule has 0 spiro atoms. The molecule has 1 atom stereocenters. The third-order valence-corrected chi connectivity index (χ3v) is 4.41. The van der Waals surface area contributed by atoms with Gasteiger partial charge in [-0.15, -0.1) is 24.0 Å². The van der Waals surface area contributed by atoms with Crippen LogP contribution in [0.3, 0.4) is 0 Å². The summed E-state index contributed by atoms with van der Waals surface area (Å²) < 4.78 is 16.9. The van der Waals surface area contributed by atoms with Crippen molar-refractivity contribution >= 4 is 35.8 Å². The van der Waals surface area contributed by atoms with E-state index in [0.717, 1.165) is 19.4 Å². The highest BCUT2D eigenvalue weighted by Crippen LogP contribution is 2.21. The molecule has 0 bridgehead atoms. The fourth-order valence-electron chi connectivity index (χ4n) is 2.75. The van der Waals surface area contributed by atoms with E-state index >= 15 is 0 Å². The zero-order valence-corrected chi connectivity index (χ0v) is 18.4. The minimum absolute atomic E-state index is 0.